The van der Waals surface area contributed by atoms with E-state index in [2.05, 4.69) is 17.1 Å². The maximum Gasteiger partial charge on any atom is 0.243 e. The molecule has 2 rings (SSSR count). The third kappa shape index (κ3) is 2.37. The molecule has 1 heterocycles. The first-order valence-corrected chi connectivity index (χ1v) is 5.76. The zero-order chi connectivity index (χ0) is 10.8. The molecule has 1 fully saturated rings. The summed E-state index contributed by atoms with van der Waals surface area (Å²) in [5.41, 5.74) is 5.68. The fraction of sp³-hybridized carbons (Fsp3) is 0.818. The maximum atomic E-state index is 5.68. The van der Waals surface area contributed by atoms with Crippen LogP contribution in [0.15, 0.2) is 4.52 Å². The summed E-state index contributed by atoms with van der Waals surface area (Å²) in [4.78, 5) is 4.36. The highest BCUT2D eigenvalue weighted by molar-refractivity contribution is 4.98. The van der Waals surface area contributed by atoms with Gasteiger partial charge in [-0.2, -0.15) is 4.98 Å². The van der Waals surface area contributed by atoms with E-state index in [4.69, 9.17) is 10.3 Å². The van der Waals surface area contributed by atoms with Crippen molar-refractivity contribution in [2.75, 3.05) is 0 Å². The van der Waals surface area contributed by atoms with Crippen molar-refractivity contribution in [2.45, 2.75) is 51.5 Å². The van der Waals surface area contributed by atoms with Crippen molar-refractivity contribution in [3.63, 3.8) is 0 Å². The van der Waals surface area contributed by atoms with E-state index >= 15 is 0 Å². The summed E-state index contributed by atoms with van der Waals surface area (Å²) in [7, 11) is 0. The molecule has 2 N–H and O–H groups in total. The first-order chi connectivity index (χ1) is 7.16. The van der Waals surface area contributed by atoms with Crippen LogP contribution in [0.3, 0.4) is 0 Å². The highest BCUT2D eigenvalue weighted by Gasteiger charge is 2.24. The van der Waals surface area contributed by atoms with Crippen molar-refractivity contribution < 1.29 is 4.52 Å². The lowest BCUT2D eigenvalue weighted by molar-refractivity contribution is 0.321. The Hall–Kier alpha value is -0.900. The van der Waals surface area contributed by atoms with Gasteiger partial charge in [0, 0.05) is 5.92 Å². The number of nitrogens with two attached hydrogens (primary N) is 1. The predicted molar refractivity (Wildman–Crippen MR) is 57.3 cm³/mol. The van der Waals surface area contributed by atoms with Gasteiger partial charge in [0.05, 0.1) is 6.04 Å². The van der Waals surface area contributed by atoms with Gasteiger partial charge in [0.15, 0.2) is 5.82 Å². The first-order valence-electron chi connectivity index (χ1n) is 5.76. The number of nitrogens with zero attached hydrogens (tertiary/aromatic N) is 2. The summed E-state index contributed by atoms with van der Waals surface area (Å²) >= 11 is 0. The zero-order valence-corrected chi connectivity index (χ0v) is 9.44. The van der Waals surface area contributed by atoms with Crippen LogP contribution in [0, 0.1) is 5.92 Å². The Bertz CT molecular complexity index is 313. The van der Waals surface area contributed by atoms with Crippen molar-refractivity contribution in [1.29, 1.82) is 0 Å². The summed E-state index contributed by atoms with van der Waals surface area (Å²) in [6.45, 7) is 4.17. The number of hydrogen-bond acceptors (Lipinski definition) is 4. The molecule has 4 nitrogen and oxygen atoms in total. The molecule has 0 aliphatic heterocycles. The molecular formula is C11H19N3O. The lowest BCUT2D eigenvalue weighted by atomic mass is 9.83. The fourth-order valence-corrected chi connectivity index (χ4v) is 2.12. The molecule has 0 aromatic carbocycles. The lowest BCUT2D eigenvalue weighted by Gasteiger charge is -2.23. The van der Waals surface area contributed by atoms with Gasteiger partial charge in [-0.15, -0.1) is 0 Å². The Kier molecular flexibility index (Phi) is 3.05. The molecule has 15 heavy (non-hydrogen) atoms. The van der Waals surface area contributed by atoms with E-state index in [0.717, 1.165) is 11.7 Å². The van der Waals surface area contributed by atoms with Gasteiger partial charge in [-0.05, 0) is 25.7 Å². The lowest BCUT2D eigenvalue weighted by Crippen LogP contribution is -2.12. The minimum Gasteiger partial charge on any atom is -0.338 e. The smallest absolute Gasteiger partial charge is 0.243 e. The van der Waals surface area contributed by atoms with E-state index in [0.29, 0.717) is 11.8 Å². The van der Waals surface area contributed by atoms with Crippen molar-refractivity contribution in [2.24, 2.45) is 11.7 Å². The molecule has 0 amide bonds. The predicted octanol–water partition coefficient (Wildman–Crippen LogP) is 2.38. The Morgan fingerprint density at radius 1 is 1.33 bits per heavy atom. The third-order valence-electron chi connectivity index (χ3n) is 3.23. The van der Waals surface area contributed by atoms with E-state index < -0.39 is 0 Å². The van der Waals surface area contributed by atoms with Crippen LogP contribution in [0.1, 0.15) is 63.2 Å². The van der Waals surface area contributed by atoms with Crippen LogP contribution in [0.2, 0.25) is 0 Å². The second-order valence-corrected chi connectivity index (χ2v) is 4.74. The average molecular weight is 209 g/mol. The van der Waals surface area contributed by atoms with Crippen LogP contribution < -0.4 is 5.73 Å². The van der Waals surface area contributed by atoms with Gasteiger partial charge in [-0.3, -0.25) is 0 Å². The van der Waals surface area contributed by atoms with E-state index in [1.54, 1.807) is 0 Å². The molecule has 1 aliphatic carbocycles. The SMILES string of the molecule is CC1CCC(c2noc([C@@H](C)N)n2)CC1. The largest absolute Gasteiger partial charge is 0.338 e. The van der Waals surface area contributed by atoms with Gasteiger partial charge in [0.2, 0.25) is 5.89 Å². The Balaban J connectivity index is 2.03. The quantitative estimate of drug-likeness (QED) is 0.812. The molecule has 0 bridgehead atoms. The number of aromatic nitrogens is 2. The van der Waals surface area contributed by atoms with E-state index in [9.17, 15) is 0 Å². The molecule has 0 spiro atoms. The number of hydrogen-bond donors (Lipinski definition) is 1. The van der Waals surface area contributed by atoms with E-state index in [1.165, 1.54) is 25.7 Å². The van der Waals surface area contributed by atoms with Crippen molar-refractivity contribution in [3.05, 3.63) is 11.7 Å². The van der Waals surface area contributed by atoms with Crippen LogP contribution in [-0.4, -0.2) is 10.1 Å². The van der Waals surface area contributed by atoms with Gasteiger partial charge >= 0.3 is 0 Å². The molecule has 1 aromatic heterocycles. The van der Waals surface area contributed by atoms with Crippen molar-refractivity contribution in [1.82, 2.24) is 10.1 Å². The Morgan fingerprint density at radius 2 is 2.00 bits per heavy atom. The van der Waals surface area contributed by atoms with E-state index in [-0.39, 0.29) is 6.04 Å². The first kappa shape index (κ1) is 10.6. The van der Waals surface area contributed by atoms with Crippen LogP contribution in [0.5, 0.6) is 0 Å². The summed E-state index contributed by atoms with van der Waals surface area (Å²) < 4.78 is 5.12. The van der Waals surface area contributed by atoms with Gasteiger partial charge < -0.3 is 10.3 Å². The van der Waals surface area contributed by atoms with Crippen molar-refractivity contribution >= 4 is 0 Å². The molecular weight excluding hydrogens is 190 g/mol. The minimum atomic E-state index is -0.159. The van der Waals surface area contributed by atoms with Gasteiger partial charge in [0.1, 0.15) is 0 Å². The number of rotatable bonds is 2. The maximum absolute atomic E-state index is 5.68. The molecule has 0 unspecified atom stereocenters. The molecule has 1 aliphatic rings. The molecule has 1 atom stereocenters. The highest BCUT2D eigenvalue weighted by Crippen LogP contribution is 2.34. The average Bonchev–Trinajstić information content (AvgIpc) is 2.68. The van der Waals surface area contributed by atoms with E-state index in [1.807, 2.05) is 6.92 Å². The Labute approximate surface area is 90.2 Å². The normalized spacial score (nSPS) is 29.0. The summed E-state index contributed by atoms with van der Waals surface area (Å²) in [6, 6.07) is -0.159. The highest BCUT2D eigenvalue weighted by atomic mass is 16.5. The molecule has 4 heteroatoms. The topological polar surface area (TPSA) is 64.9 Å². The summed E-state index contributed by atoms with van der Waals surface area (Å²) in [6.07, 6.45) is 4.90. The van der Waals surface area contributed by atoms with Crippen molar-refractivity contribution in [3.8, 4) is 0 Å². The van der Waals surface area contributed by atoms with Crippen LogP contribution in [0.4, 0.5) is 0 Å². The molecule has 1 aromatic rings. The standard InChI is InChI=1S/C11H19N3O/c1-7-3-5-9(6-4-7)10-13-11(8(2)12)15-14-10/h7-9H,3-6,12H2,1-2H3/t7?,8-,9?/m1/s1. The fourth-order valence-electron chi connectivity index (χ4n) is 2.12. The minimum absolute atomic E-state index is 0.159. The summed E-state index contributed by atoms with van der Waals surface area (Å²) in [5.74, 6) is 2.75. The van der Waals surface area contributed by atoms with Gasteiger partial charge in [-0.1, -0.05) is 24.9 Å². The zero-order valence-electron chi connectivity index (χ0n) is 9.44. The summed E-state index contributed by atoms with van der Waals surface area (Å²) in [5, 5.41) is 4.02. The molecule has 1 saturated carbocycles. The second kappa shape index (κ2) is 4.31. The van der Waals surface area contributed by atoms with Crippen LogP contribution in [-0.2, 0) is 0 Å². The third-order valence-corrected chi connectivity index (χ3v) is 3.23. The Morgan fingerprint density at radius 3 is 2.53 bits per heavy atom. The van der Waals surface area contributed by atoms with Crippen LogP contribution >= 0.6 is 0 Å². The molecule has 84 valence electrons. The second-order valence-electron chi connectivity index (χ2n) is 4.74. The van der Waals surface area contributed by atoms with Gasteiger partial charge in [0.25, 0.3) is 0 Å². The van der Waals surface area contributed by atoms with Gasteiger partial charge in [-0.25, -0.2) is 0 Å². The van der Waals surface area contributed by atoms with Crippen LogP contribution in [0.25, 0.3) is 0 Å². The molecule has 0 radical (unpaired) electrons. The molecule has 0 saturated heterocycles. The monoisotopic (exact) mass is 209 g/mol.